The highest BCUT2D eigenvalue weighted by Gasteiger charge is 2.18. The second kappa shape index (κ2) is 7.04. The Morgan fingerprint density at radius 2 is 1.83 bits per heavy atom. The van der Waals surface area contributed by atoms with Gasteiger partial charge >= 0.3 is 0 Å². The molecule has 0 saturated heterocycles. The van der Waals surface area contributed by atoms with Gasteiger partial charge in [-0.25, -0.2) is 0 Å². The third-order valence-electron chi connectivity index (χ3n) is 4.92. The summed E-state index contributed by atoms with van der Waals surface area (Å²) in [6.07, 6.45) is 18.4. The fourth-order valence-electron chi connectivity index (χ4n) is 3.33. The Labute approximate surface area is 140 Å². The first-order chi connectivity index (χ1) is 11.1. The van der Waals surface area contributed by atoms with Gasteiger partial charge in [0.15, 0.2) is 0 Å². The van der Waals surface area contributed by atoms with Crippen LogP contribution in [0.5, 0.6) is 0 Å². The van der Waals surface area contributed by atoms with Crippen molar-refractivity contribution in [3.8, 4) is 0 Å². The fraction of sp³-hybridized carbons (Fsp3) is 0.364. The second-order valence-corrected chi connectivity index (χ2v) is 6.89. The Morgan fingerprint density at radius 1 is 0.957 bits per heavy atom. The van der Waals surface area contributed by atoms with Crippen molar-refractivity contribution in [3.63, 3.8) is 0 Å². The number of hydrogen-bond acceptors (Lipinski definition) is 1. The van der Waals surface area contributed by atoms with Crippen molar-refractivity contribution in [1.82, 2.24) is 0 Å². The maximum atomic E-state index is 3.66. The van der Waals surface area contributed by atoms with Crippen molar-refractivity contribution >= 4 is 5.69 Å². The minimum absolute atomic E-state index is 0.444. The third kappa shape index (κ3) is 4.04. The number of rotatable bonds is 3. The topological polar surface area (TPSA) is 12.0 Å². The summed E-state index contributed by atoms with van der Waals surface area (Å²) in [4.78, 5) is 0. The number of benzene rings is 1. The van der Waals surface area contributed by atoms with E-state index in [4.69, 9.17) is 0 Å². The molecule has 0 radical (unpaired) electrons. The molecule has 1 nitrogen and oxygen atoms in total. The lowest BCUT2D eigenvalue weighted by atomic mass is 9.85. The molecule has 120 valence electrons. The number of hydrogen-bond donors (Lipinski definition) is 1. The van der Waals surface area contributed by atoms with Crippen LogP contribution in [-0.4, -0.2) is 6.04 Å². The number of aryl methyl sites for hydroxylation is 2. The SMILES string of the molecule is Cc1ccc(NC2C=CC(C3=CC(C)C=CC=C3)CC2)cc1C. The zero-order valence-electron chi connectivity index (χ0n) is 14.4. The predicted molar refractivity (Wildman–Crippen MR) is 101 cm³/mol. The molecule has 3 rings (SSSR count). The summed E-state index contributed by atoms with van der Waals surface area (Å²) >= 11 is 0. The highest BCUT2D eigenvalue weighted by molar-refractivity contribution is 5.49. The molecule has 0 aliphatic heterocycles. The van der Waals surface area contributed by atoms with Gasteiger partial charge in [-0.1, -0.05) is 55.5 Å². The summed E-state index contributed by atoms with van der Waals surface area (Å²) < 4.78 is 0. The van der Waals surface area contributed by atoms with Crippen LogP contribution in [-0.2, 0) is 0 Å². The molecule has 0 heterocycles. The molecule has 23 heavy (non-hydrogen) atoms. The molecule has 3 atom stereocenters. The number of anilines is 1. The molecule has 2 aliphatic carbocycles. The Morgan fingerprint density at radius 3 is 2.57 bits per heavy atom. The maximum Gasteiger partial charge on any atom is 0.0444 e. The molecule has 0 bridgehead atoms. The van der Waals surface area contributed by atoms with Gasteiger partial charge in [0.05, 0.1) is 0 Å². The van der Waals surface area contributed by atoms with Gasteiger partial charge in [-0.3, -0.25) is 0 Å². The van der Waals surface area contributed by atoms with Gasteiger partial charge in [-0.15, -0.1) is 0 Å². The van der Waals surface area contributed by atoms with Crippen LogP contribution in [0.4, 0.5) is 5.69 Å². The van der Waals surface area contributed by atoms with Crippen molar-refractivity contribution in [2.24, 2.45) is 11.8 Å². The molecule has 2 aliphatic rings. The molecule has 3 unspecified atom stereocenters. The van der Waals surface area contributed by atoms with E-state index in [-0.39, 0.29) is 0 Å². The molecule has 0 saturated carbocycles. The third-order valence-corrected chi connectivity index (χ3v) is 4.92. The Bertz CT molecular complexity index is 675. The van der Waals surface area contributed by atoms with Gasteiger partial charge in [0.1, 0.15) is 0 Å². The summed E-state index contributed by atoms with van der Waals surface area (Å²) in [7, 11) is 0. The number of nitrogens with one attached hydrogen (secondary N) is 1. The van der Waals surface area contributed by atoms with Crippen LogP contribution in [0.2, 0.25) is 0 Å². The first-order valence-electron chi connectivity index (χ1n) is 8.70. The molecule has 1 aromatic carbocycles. The summed E-state index contributed by atoms with van der Waals surface area (Å²) in [5.74, 6) is 1.09. The van der Waals surface area contributed by atoms with Crippen molar-refractivity contribution < 1.29 is 0 Å². The zero-order chi connectivity index (χ0) is 16.2. The quantitative estimate of drug-likeness (QED) is 0.702. The van der Waals surface area contributed by atoms with E-state index < -0.39 is 0 Å². The lowest BCUT2D eigenvalue weighted by Gasteiger charge is -2.26. The summed E-state index contributed by atoms with van der Waals surface area (Å²) in [5, 5.41) is 3.66. The molecule has 1 aromatic rings. The van der Waals surface area contributed by atoms with E-state index in [1.54, 1.807) is 0 Å². The molecular formula is C22H27N. The molecular weight excluding hydrogens is 278 g/mol. The summed E-state index contributed by atoms with van der Waals surface area (Å²) in [6, 6.07) is 7.08. The van der Waals surface area contributed by atoms with Crippen LogP contribution in [0.25, 0.3) is 0 Å². The first-order valence-corrected chi connectivity index (χ1v) is 8.70. The van der Waals surface area contributed by atoms with Crippen LogP contribution in [0.3, 0.4) is 0 Å². The molecule has 0 fully saturated rings. The van der Waals surface area contributed by atoms with Crippen LogP contribution >= 0.6 is 0 Å². The minimum Gasteiger partial charge on any atom is -0.379 e. The van der Waals surface area contributed by atoms with Crippen LogP contribution < -0.4 is 5.32 Å². The van der Waals surface area contributed by atoms with E-state index in [2.05, 4.69) is 86.8 Å². The normalized spacial score (nSPS) is 26.7. The van der Waals surface area contributed by atoms with Crippen molar-refractivity contribution in [2.45, 2.75) is 39.7 Å². The van der Waals surface area contributed by atoms with E-state index in [0.717, 1.165) is 0 Å². The first kappa shape index (κ1) is 15.9. The van der Waals surface area contributed by atoms with E-state index in [1.165, 1.54) is 35.2 Å². The predicted octanol–water partition coefficient (Wildman–Crippen LogP) is 5.74. The Kier molecular flexibility index (Phi) is 4.85. The Balaban J connectivity index is 1.65. The minimum atomic E-state index is 0.444. The number of allylic oxidation sites excluding steroid dienone is 7. The van der Waals surface area contributed by atoms with Crippen molar-refractivity contribution in [2.75, 3.05) is 5.32 Å². The molecule has 0 amide bonds. The van der Waals surface area contributed by atoms with E-state index >= 15 is 0 Å². The van der Waals surface area contributed by atoms with Gasteiger partial charge < -0.3 is 5.32 Å². The van der Waals surface area contributed by atoms with Gasteiger partial charge in [-0.2, -0.15) is 0 Å². The average molecular weight is 305 g/mol. The highest BCUT2D eigenvalue weighted by atomic mass is 14.9. The van der Waals surface area contributed by atoms with Crippen molar-refractivity contribution in [3.05, 3.63) is 77.4 Å². The smallest absolute Gasteiger partial charge is 0.0444 e. The molecule has 1 heteroatoms. The van der Waals surface area contributed by atoms with Crippen molar-refractivity contribution in [1.29, 1.82) is 0 Å². The Hall–Kier alpha value is -2.02. The fourth-order valence-corrected chi connectivity index (χ4v) is 3.33. The standard InChI is InChI=1S/C22H27N/c1-16-6-4-5-7-20(14-16)19-9-12-21(13-10-19)23-22-11-8-17(2)18(3)15-22/h4-9,11-12,14-16,19,21,23H,10,13H2,1-3H3. The average Bonchev–Trinajstić information content (AvgIpc) is 2.76. The molecule has 0 spiro atoms. The highest BCUT2D eigenvalue weighted by Crippen LogP contribution is 2.29. The van der Waals surface area contributed by atoms with E-state index in [0.29, 0.717) is 17.9 Å². The van der Waals surface area contributed by atoms with Gasteiger partial charge in [-0.05, 0) is 61.4 Å². The molecule has 1 N–H and O–H groups in total. The maximum absolute atomic E-state index is 3.66. The summed E-state index contributed by atoms with van der Waals surface area (Å²) in [6.45, 7) is 6.58. The van der Waals surface area contributed by atoms with Gasteiger partial charge in [0, 0.05) is 17.6 Å². The molecule has 0 aromatic heterocycles. The second-order valence-electron chi connectivity index (χ2n) is 6.89. The zero-order valence-corrected chi connectivity index (χ0v) is 14.4. The van der Waals surface area contributed by atoms with Crippen LogP contribution in [0, 0.1) is 25.7 Å². The van der Waals surface area contributed by atoms with Crippen LogP contribution in [0.15, 0.2) is 66.3 Å². The van der Waals surface area contributed by atoms with Gasteiger partial charge in [0.2, 0.25) is 0 Å². The van der Waals surface area contributed by atoms with Gasteiger partial charge in [0.25, 0.3) is 0 Å². The lowest BCUT2D eigenvalue weighted by Crippen LogP contribution is -2.22. The monoisotopic (exact) mass is 305 g/mol. The van der Waals surface area contributed by atoms with E-state index in [1.807, 2.05) is 0 Å². The lowest BCUT2D eigenvalue weighted by molar-refractivity contribution is 0.580. The van der Waals surface area contributed by atoms with Crippen LogP contribution in [0.1, 0.15) is 30.9 Å². The van der Waals surface area contributed by atoms with E-state index in [9.17, 15) is 0 Å². The largest absolute Gasteiger partial charge is 0.379 e. The summed E-state index contributed by atoms with van der Waals surface area (Å²) in [5.41, 5.74) is 5.39.